The van der Waals surface area contributed by atoms with Crippen molar-refractivity contribution in [2.75, 3.05) is 0 Å². The van der Waals surface area contributed by atoms with Crippen LogP contribution in [0.1, 0.15) is 59.1 Å². The maximum absolute atomic E-state index is 14.6. The van der Waals surface area contributed by atoms with Crippen LogP contribution < -0.4 is 0 Å². The highest BCUT2D eigenvalue weighted by Crippen LogP contribution is 2.42. The average molecular weight is 326 g/mol. The van der Waals surface area contributed by atoms with Gasteiger partial charge in [-0.1, -0.05) is 0 Å². The standard InChI is InChI=1S/C22H24F2/c1-13-19(23)11-15-7-3-5-9-17(15)21(13)22-14(2)20(24)12-16-8-4-6-10-18(16)22/h11-12H,3-10H2,1-2H3. The van der Waals surface area contributed by atoms with Crippen molar-refractivity contribution >= 4 is 0 Å². The first kappa shape index (κ1) is 15.8. The molecule has 0 unspecified atom stereocenters. The molecule has 2 aromatic rings. The summed E-state index contributed by atoms with van der Waals surface area (Å²) < 4.78 is 29.2. The molecule has 0 saturated heterocycles. The summed E-state index contributed by atoms with van der Waals surface area (Å²) in [6.07, 6.45) is 8.37. The first-order valence-corrected chi connectivity index (χ1v) is 9.20. The molecule has 0 atom stereocenters. The molecule has 0 amide bonds. The number of rotatable bonds is 1. The van der Waals surface area contributed by atoms with Gasteiger partial charge in [0.2, 0.25) is 0 Å². The van der Waals surface area contributed by atoms with Crippen LogP contribution in [0.3, 0.4) is 0 Å². The van der Waals surface area contributed by atoms with E-state index in [1.807, 2.05) is 13.8 Å². The highest BCUT2D eigenvalue weighted by molar-refractivity contribution is 5.79. The van der Waals surface area contributed by atoms with Gasteiger partial charge in [-0.3, -0.25) is 0 Å². The molecule has 0 spiro atoms. The van der Waals surface area contributed by atoms with Crippen LogP contribution in [0.2, 0.25) is 0 Å². The van der Waals surface area contributed by atoms with Crippen LogP contribution >= 0.6 is 0 Å². The van der Waals surface area contributed by atoms with Crippen molar-refractivity contribution in [2.45, 2.75) is 65.2 Å². The average Bonchev–Trinajstić information content (AvgIpc) is 2.58. The second-order valence-electron chi connectivity index (χ2n) is 7.41. The van der Waals surface area contributed by atoms with Gasteiger partial charge in [-0.25, -0.2) is 8.78 Å². The summed E-state index contributed by atoms with van der Waals surface area (Å²) in [6, 6.07) is 3.43. The SMILES string of the molecule is Cc1c(F)cc2c(c1-c1c(C)c(F)cc3c1CCCC3)CCCC2. The predicted octanol–water partition coefficient (Wildman–Crippen LogP) is 6.01. The predicted molar refractivity (Wildman–Crippen MR) is 94.6 cm³/mol. The molecule has 126 valence electrons. The molecule has 0 aromatic heterocycles. The number of fused-ring (bicyclic) bond motifs is 2. The molecule has 2 aromatic carbocycles. The molecule has 0 heterocycles. The van der Waals surface area contributed by atoms with Gasteiger partial charge in [0.05, 0.1) is 0 Å². The van der Waals surface area contributed by atoms with E-state index in [4.69, 9.17) is 0 Å². The van der Waals surface area contributed by atoms with Gasteiger partial charge in [0.1, 0.15) is 11.6 Å². The lowest BCUT2D eigenvalue weighted by Crippen LogP contribution is -2.12. The van der Waals surface area contributed by atoms with Crippen LogP contribution in [0.4, 0.5) is 8.78 Å². The van der Waals surface area contributed by atoms with Crippen LogP contribution in [-0.4, -0.2) is 0 Å². The summed E-state index contributed by atoms with van der Waals surface area (Å²) in [5.74, 6) is -0.280. The zero-order chi connectivity index (χ0) is 16.8. The number of benzene rings is 2. The Labute approximate surface area is 142 Å². The molecule has 0 fully saturated rings. The minimum absolute atomic E-state index is 0.140. The fraction of sp³-hybridized carbons (Fsp3) is 0.455. The van der Waals surface area contributed by atoms with Gasteiger partial charge in [0.25, 0.3) is 0 Å². The molecule has 0 N–H and O–H groups in total. The lowest BCUT2D eigenvalue weighted by molar-refractivity contribution is 0.601. The first-order valence-electron chi connectivity index (χ1n) is 9.20. The molecule has 0 nitrogen and oxygen atoms in total. The highest BCUT2D eigenvalue weighted by Gasteiger charge is 2.26. The van der Waals surface area contributed by atoms with Gasteiger partial charge in [-0.05, 0) is 122 Å². The van der Waals surface area contributed by atoms with Crippen molar-refractivity contribution in [3.8, 4) is 11.1 Å². The van der Waals surface area contributed by atoms with Gasteiger partial charge in [-0.15, -0.1) is 0 Å². The normalized spacial score (nSPS) is 16.7. The highest BCUT2D eigenvalue weighted by atomic mass is 19.1. The van der Waals surface area contributed by atoms with Gasteiger partial charge in [0, 0.05) is 0 Å². The molecule has 24 heavy (non-hydrogen) atoms. The van der Waals surface area contributed by atoms with Crippen molar-refractivity contribution in [2.24, 2.45) is 0 Å². The minimum atomic E-state index is -0.140. The fourth-order valence-corrected chi connectivity index (χ4v) is 4.64. The minimum Gasteiger partial charge on any atom is -0.207 e. The van der Waals surface area contributed by atoms with E-state index < -0.39 is 0 Å². The number of halogens is 2. The smallest absolute Gasteiger partial charge is 0.127 e. The van der Waals surface area contributed by atoms with Crippen molar-refractivity contribution in [3.05, 3.63) is 57.1 Å². The van der Waals surface area contributed by atoms with E-state index in [1.165, 1.54) is 11.1 Å². The first-order chi connectivity index (χ1) is 11.6. The molecule has 2 aliphatic rings. The zero-order valence-electron chi connectivity index (χ0n) is 14.6. The topological polar surface area (TPSA) is 0 Å². The van der Waals surface area contributed by atoms with Gasteiger partial charge >= 0.3 is 0 Å². The summed E-state index contributed by atoms with van der Waals surface area (Å²) in [6.45, 7) is 3.72. The summed E-state index contributed by atoms with van der Waals surface area (Å²) in [4.78, 5) is 0. The quantitative estimate of drug-likeness (QED) is 0.602. The molecule has 2 heteroatoms. The Morgan fingerprint density at radius 1 is 0.625 bits per heavy atom. The monoisotopic (exact) mass is 326 g/mol. The van der Waals surface area contributed by atoms with Crippen molar-refractivity contribution in [1.82, 2.24) is 0 Å². The molecule has 0 radical (unpaired) electrons. The van der Waals surface area contributed by atoms with Crippen LogP contribution in [0, 0.1) is 25.5 Å². The summed E-state index contributed by atoms with van der Waals surface area (Å²) >= 11 is 0. The Hall–Kier alpha value is -1.70. The van der Waals surface area contributed by atoms with Crippen LogP contribution in [0.25, 0.3) is 11.1 Å². The van der Waals surface area contributed by atoms with E-state index >= 15 is 0 Å². The van der Waals surface area contributed by atoms with E-state index in [0.29, 0.717) is 11.1 Å². The van der Waals surface area contributed by atoms with Crippen molar-refractivity contribution in [1.29, 1.82) is 0 Å². The fourth-order valence-electron chi connectivity index (χ4n) is 4.64. The number of hydrogen-bond acceptors (Lipinski definition) is 0. The second kappa shape index (κ2) is 5.98. The van der Waals surface area contributed by atoms with E-state index in [9.17, 15) is 8.78 Å². The Bertz CT molecular complexity index is 748. The zero-order valence-corrected chi connectivity index (χ0v) is 14.6. The van der Waals surface area contributed by atoms with Crippen molar-refractivity contribution in [3.63, 3.8) is 0 Å². The molecule has 4 rings (SSSR count). The largest absolute Gasteiger partial charge is 0.207 e. The number of hydrogen-bond donors (Lipinski definition) is 0. The molecule has 2 aliphatic carbocycles. The van der Waals surface area contributed by atoms with E-state index in [2.05, 4.69) is 0 Å². The summed E-state index contributed by atoms with van der Waals surface area (Å²) in [5.41, 5.74) is 8.18. The lowest BCUT2D eigenvalue weighted by Gasteiger charge is -2.27. The molecular formula is C22H24F2. The maximum Gasteiger partial charge on any atom is 0.127 e. The summed E-state index contributed by atoms with van der Waals surface area (Å²) in [5, 5.41) is 0. The third kappa shape index (κ3) is 2.39. The lowest BCUT2D eigenvalue weighted by atomic mass is 9.77. The van der Waals surface area contributed by atoms with E-state index in [-0.39, 0.29) is 11.6 Å². The molecule has 0 saturated carbocycles. The Kier molecular flexibility index (Phi) is 3.94. The maximum atomic E-state index is 14.6. The molecular weight excluding hydrogens is 302 g/mol. The van der Waals surface area contributed by atoms with Gasteiger partial charge < -0.3 is 0 Å². The van der Waals surface area contributed by atoms with Gasteiger partial charge in [-0.2, -0.15) is 0 Å². The van der Waals surface area contributed by atoms with Crippen LogP contribution in [0.15, 0.2) is 12.1 Å². The van der Waals surface area contributed by atoms with E-state index in [1.54, 1.807) is 12.1 Å². The van der Waals surface area contributed by atoms with Crippen molar-refractivity contribution < 1.29 is 8.78 Å². The third-order valence-corrected chi connectivity index (χ3v) is 5.94. The molecule has 0 aliphatic heterocycles. The number of aryl methyl sites for hydroxylation is 2. The molecule has 0 bridgehead atoms. The van der Waals surface area contributed by atoms with Crippen LogP contribution in [-0.2, 0) is 25.7 Å². The van der Waals surface area contributed by atoms with Gasteiger partial charge in [0.15, 0.2) is 0 Å². The second-order valence-corrected chi connectivity index (χ2v) is 7.41. The Balaban J connectivity index is 2.07. The van der Waals surface area contributed by atoms with E-state index in [0.717, 1.165) is 73.6 Å². The van der Waals surface area contributed by atoms with Crippen LogP contribution in [0.5, 0.6) is 0 Å². The Morgan fingerprint density at radius 3 is 1.42 bits per heavy atom. The Morgan fingerprint density at radius 2 is 1.00 bits per heavy atom. The summed E-state index contributed by atoms with van der Waals surface area (Å²) in [7, 11) is 0. The third-order valence-electron chi connectivity index (χ3n) is 5.94.